The lowest BCUT2D eigenvalue weighted by Crippen LogP contribution is -2.27. The summed E-state index contributed by atoms with van der Waals surface area (Å²) in [7, 11) is 0. The number of para-hydroxylation sites is 1. The van der Waals surface area contributed by atoms with Gasteiger partial charge in [0.25, 0.3) is 5.56 Å². The lowest BCUT2D eigenvalue weighted by molar-refractivity contribution is -0.192. The Morgan fingerprint density at radius 3 is 2.57 bits per heavy atom. The smallest absolute Gasteiger partial charge is 0.475 e. The molecule has 1 aliphatic heterocycles. The number of aryl methyl sites for hydroxylation is 2. The van der Waals surface area contributed by atoms with Crippen molar-refractivity contribution in [1.29, 1.82) is 0 Å². The van der Waals surface area contributed by atoms with Gasteiger partial charge in [-0.3, -0.25) is 9.78 Å². The van der Waals surface area contributed by atoms with E-state index in [2.05, 4.69) is 35.0 Å². The summed E-state index contributed by atoms with van der Waals surface area (Å²) in [6.45, 7) is 2.73. The number of halogens is 3. The molecule has 10 heteroatoms. The highest BCUT2D eigenvalue weighted by Crippen LogP contribution is 2.33. The Morgan fingerprint density at radius 1 is 1.14 bits per heavy atom. The molecule has 4 heterocycles. The average Bonchev–Trinajstić information content (AvgIpc) is 3.29. The van der Waals surface area contributed by atoms with Crippen LogP contribution in [0.3, 0.4) is 0 Å². The average molecular weight is 504 g/mol. The number of nitrogens with one attached hydrogen (secondary N) is 1. The van der Waals surface area contributed by atoms with Crippen molar-refractivity contribution in [1.82, 2.24) is 14.9 Å². The first-order valence-corrected chi connectivity index (χ1v) is 12.1. The summed E-state index contributed by atoms with van der Waals surface area (Å²) >= 11 is 1.70. The van der Waals surface area contributed by atoms with Crippen molar-refractivity contribution >= 4 is 38.3 Å². The zero-order valence-corrected chi connectivity index (χ0v) is 19.5. The first kappa shape index (κ1) is 24.9. The summed E-state index contributed by atoms with van der Waals surface area (Å²) in [5, 5.41) is 14.8. The molecule has 0 unspecified atom stereocenters. The Kier molecular flexibility index (Phi) is 7.51. The molecule has 4 aromatic rings. The number of fused-ring (bicyclic) bond motifs is 2. The number of aliphatic carboxylic acids is 1. The zero-order chi connectivity index (χ0) is 25.0. The zero-order valence-electron chi connectivity index (χ0n) is 18.7. The highest BCUT2D eigenvalue weighted by atomic mass is 32.1. The van der Waals surface area contributed by atoms with Crippen molar-refractivity contribution in [2.75, 3.05) is 13.1 Å². The minimum absolute atomic E-state index is 0.146. The van der Waals surface area contributed by atoms with Crippen LogP contribution in [-0.4, -0.2) is 39.9 Å². The fourth-order valence-corrected chi connectivity index (χ4v) is 5.23. The quantitative estimate of drug-likeness (QED) is 0.412. The number of carbonyl (C=O) groups is 1. The molecule has 2 N–H and O–H groups in total. The first-order valence-electron chi connectivity index (χ1n) is 11.2. The molecule has 35 heavy (non-hydrogen) atoms. The van der Waals surface area contributed by atoms with E-state index in [1.165, 1.54) is 5.56 Å². The minimum atomic E-state index is -5.08. The SMILES string of the molecule is O=C(O)C(F)(F)F.O=c1c2c(C3CCNCC3)csc2ccn1CCc1ccc2ccccc2n1. The van der Waals surface area contributed by atoms with Crippen LogP contribution < -0.4 is 10.9 Å². The molecule has 0 amide bonds. The molecule has 0 bridgehead atoms. The third-order valence-corrected chi connectivity index (χ3v) is 6.98. The van der Waals surface area contributed by atoms with Crippen molar-refractivity contribution in [2.24, 2.45) is 0 Å². The van der Waals surface area contributed by atoms with Gasteiger partial charge in [-0.1, -0.05) is 24.3 Å². The molecule has 3 aromatic heterocycles. The van der Waals surface area contributed by atoms with E-state index in [0.717, 1.165) is 59.0 Å². The van der Waals surface area contributed by atoms with E-state index < -0.39 is 12.1 Å². The number of rotatable bonds is 4. The second-order valence-corrected chi connectivity index (χ2v) is 9.23. The standard InChI is InChI=1S/C23H23N3OS.C2HF3O2/c27-23-22-19(16-7-11-24-12-8-16)15-28-21(22)10-14-26(23)13-9-18-6-5-17-3-1-2-4-20(17)25-18;3-2(4,5)1(6)7/h1-6,10,14-16,24H,7-9,11-13H2;(H,6,7). The maximum absolute atomic E-state index is 13.2. The largest absolute Gasteiger partial charge is 0.490 e. The van der Waals surface area contributed by atoms with Gasteiger partial charge in [-0.05, 0) is 61.0 Å². The topological polar surface area (TPSA) is 84.2 Å². The first-order chi connectivity index (χ1) is 16.7. The van der Waals surface area contributed by atoms with E-state index in [0.29, 0.717) is 12.5 Å². The molecule has 0 spiro atoms. The number of aromatic nitrogens is 2. The number of hydrogen-bond donors (Lipinski definition) is 2. The van der Waals surface area contributed by atoms with Crippen LogP contribution in [0.15, 0.2) is 58.8 Å². The number of nitrogens with zero attached hydrogens (tertiary/aromatic N) is 2. The third-order valence-electron chi connectivity index (χ3n) is 6.01. The molecule has 1 saturated heterocycles. The van der Waals surface area contributed by atoms with E-state index in [-0.39, 0.29) is 5.56 Å². The Hall–Kier alpha value is -3.24. The van der Waals surface area contributed by atoms with Gasteiger partial charge in [0, 0.05) is 34.9 Å². The van der Waals surface area contributed by atoms with Crippen LogP contribution >= 0.6 is 11.3 Å². The Balaban J connectivity index is 0.000000364. The number of carboxylic acids is 1. The second-order valence-electron chi connectivity index (χ2n) is 8.32. The molecule has 0 radical (unpaired) electrons. The van der Waals surface area contributed by atoms with Crippen LogP contribution in [0.2, 0.25) is 0 Å². The van der Waals surface area contributed by atoms with Crippen molar-refractivity contribution < 1.29 is 23.1 Å². The van der Waals surface area contributed by atoms with Crippen LogP contribution in [0.1, 0.15) is 30.0 Å². The lowest BCUT2D eigenvalue weighted by atomic mass is 9.90. The highest BCUT2D eigenvalue weighted by Gasteiger charge is 2.38. The number of alkyl halides is 3. The highest BCUT2D eigenvalue weighted by molar-refractivity contribution is 7.17. The van der Waals surface area contributed by atoms with Crippen LogP contribution in [0.25, 0.3) is 21.0 Å². The number of carboxylic acid groups (broad SMARTS) is 1. The van der Waals surface area contributed by atoms with Gasteiger partial charge in [-0.25, -0.2) is 4.79 Å². The fraction of sp³-hybridized carbons (Fsp3) is 0.320. The molecule has 5 rings (SSSR count). The molecular weight excluding hydrogens is 479 g/mol. The van der Waals surface area contributed by atoms with Crippen molar-refractivity contribution in [2.45, 2.75) is 37.9 Å². The van der Waals surface area contributed by atoms with Crippen LogP contribution in [0, 0.1) is 0 Å². The Morgan fingerprint density at radius 2 is 1.86 bits per heavy atom. The molecule has 184 valence electrons. The summed E-state index contributed by atoms with van der Waals surface area (Å²) < 4.78 is 34.7. The van der Waals surface area contributed by atoms with E-state index in [9.17, 15) is 18.0 Å². The molecule has 0 atom stereocenters. The summed E-state index contributed by atoms with van der Waals surface area (Å²) in [6.07, 6.45) is -0.167. The normalized spacial score (nSPS) is 14.6. The van der Waals surface area contributed by atoms with E-state index in [4.69, 9.17) is 14.9 Å². The molecule has 0 aliphatic carbocycles. The number of piperidine rings is 1. The Bertz CT molecular complexity index is 1390. The molecule has 6 nitrogen and oxygen atoms in total. The lowest BCUT2D eigenvalue weighted by Gasteiger charge is -2.22. The van der Waals surface area contributed by atoms with Crippen molar-refractivity contribution in [3.63, 3.8) is 0 Å². The van der Waals surface area contributed by atoms with E-state index in [1.54, 1.807) is 11.3 Å². The summed E-state index contributed by atoms with van der Waals surface area (Å²) in [6, 6.07) is 14.4. The second kappa shape index (κ2) is 10.6. The summed E-state index contributed by atoms with van der Waals surface area (Å²) in [5.74, 6) is -2.26. The summed E-state index contributed by atoms with van der Waals surface area (Å²) in [4.78, 5) is 26.9. The van der Waals surface area contributed by atoms with Crippen LogP contribution in [0.4, 0.5) is 13.2 Å². The number of pyridine rings is 2. The maximum Gasteiger partial charge on any atom is 0.490 e. The maximum atomic E-state index is 13.2. The van der Waals surface area contributed by atoms with Crippen LogP contribution in [0.5, 0.6) is 0 Å². The van der Waals surface area contributed by atoms with E-state index >= 15 is 0 Å². The van der Waals surface area contributed by atoms with Crippen molar-refractivity contribution in [3.05, 3.63) is 75.7 Å². The molecule has 0 saturated carbocycles. The molecule has 1 fully saturated rings. The minimum Gasteiger partial charge on any atom is -0.475 e. The van der Waals surface area contributed by atoms with Gasteiger partial charge in [0.2, 0.25) is 0 Å². The van der Waals surface area contributed by atoms with Gasteiger partial charge in [0.05, 0.1) is 10.9 Å². The van der Waals surface area contributed by atoms with Gasteiger partial charge < -0.3 is 15.0 Å². The van der Waals surface area contributed by atoms with Gasteiger partial charge in [-0.15, -0.1) is 11.3 Å². The predicted octanol–water partition coefficient (Wildman–Crippen LogP) is 4.95. The Labute approximate surface area is 203 Å². The van der Waals surface area contributed by atoms with Gasteiger partial charge in [-0.2, -0.15) is 13.2 Å². The number of hydrogen-bond acceptors (Lipinski definition) is 5. The van der Waals surface area contributed by atoms with Crippen molar-refractivity contribution in [3.8, 4) is 0 Å². The molecule has 1 aliphatic rings. The fourth-order valence-electron chi connectivity index (χ4n) is 4.20. The van der Waals surface area contributed by atoms with Gasteiger partial charge in [0.15, 0.2) is 0 Å². The number of thiophene rings is 1. The monoisotopic (exact) mass is 503 g/mol. The van der Waals surface area contributed by atoms with E-state index in [1.807, 2.05) is 29.0 Å². The third kappa shape index (κ3) is 5.88. The van der Waals surface area contributed by atoms with Crippen LogP contribution in [-0.2, 0) is 17.8 Å². The summed E-state index contributed by atoms with van der Waals surface area (Å²) in [5.41, 5.74) is 3.43. The van der Waals surface area contributed by atoms with Gasteiger partial charge in [0.1, 0.15) is 0 Å². The number of benzene rings is 1. The van der Waals surface area contributed by atoms with Gasteiger partial charge >= 0.3 is 12.1 Å². The molecular formula is C25H24F3N3O3S. The predicted molar refractivity (Wildman–Crippen MR) is 130 cm³/mol. The molecule has 1 aromatic carbocycles.